The molecule has 0 heterocycles. The van der Waals surface area contributed by atoms with Crippen LogP contribution in [-0.2, 0) is 19.1 Å². The van der Waals surface area contributed by atoms with Crippen LogP contribution >= 0.6 is 0 Å². The number of hydrogen-bond donors (Lipinski definition) is 2. The number of carbonyl (C=O) groups is 3. The van der Waals surface area contributed by atoms with Crippen LogP contribution in [0, 0.1) is 17.3 Å². The quantitative estimate of drug-likeness (QED) is 0.247. The molecule has 0 bridgehead atoms. The van der Waals surface area contributed by atoms with Crippen molar-refractivity contribution in [2.45, 2.75) is 78.7 Å². The smallest absolute Gasteiger partial charge is 0.329 e. The Kier molecular flexibility index (Phi) is 9.77. The molecule has 0 saturated heterocycles. The van der Waals surface area contributed by atoms with Gasteiger partial charge < -0.3 is 10.1 Å². The molecule has 0 unspecified atom stereocenters. The first-order valence-corrected chi connectivity index (χ1v) is 10.1. The van der Waals surface area contributed by atoms with Gasteiger partial charge in [-0.05, 0) is 30.6 Å². The van der Waals surface area contributed by atoms with Gasteiger partial charge in [0.2, 0.25) is 12.3 Å². The second-order valence-electron chi connectivity index (χ2n) is 8.65. The Morgan fingerprint density at radius 3 is 2.44 bits per heavy atom. The van der Waals surface area contributed by atoms with Crippen molar-refractivity contribution in [3.8, 4) is 0 Å². The fourth-order valence-corrected chi connectivity index (χ4v) is 3.37. The number of esters is 1. The zero-order chi connectivity index (χ0) is 20.4. The van der Waals surface area contributed by atoms with E-state index in [0.29, 0.717) is 24.0 Å². The van der Waals surface area contributed by atoms with Gasteiger partial charge in [0.15, 0.2) is 0 Å². The van der Waals surface area contributed by atoms with Crippen LogP contribution in [0.3, 0.4) is 0 Å². The maximum atomic E-state index is 12.7. The van der Waals surface area contributed by atoms with Crippen LogP contribution in [-0.4, -0.2) is 47.8 Å². The van der Waals surface area contributed by atoms with Crippen LogP contribution in [0.25, 0.3) is 0 Å². The van der Waals surface area contributed by atoms with Gasteiger partial charge in [-0.3, -0.25) is 14.8 Å². The van der Waals surface area contributed by atoms with Crippen LogP contribution in [0.5, 0.6) is 0 Å². The highest BCUT2D eigenvalue weighted by atomic mass is 16.5. The lowest BCUT2D eigenvalue weighted by molar-refractivity contribution is -0.157. The molecule has 1 aliphatic rings. The lowest BCUT2D eigenvalue weighted by Gasteiger charge is -2.31. The molecule has 156 valence electrons. The summed E-state index contributed by atoms with van der Waals surface area (Å²) in [4.78, 5) is 36.1. The minimum Gasteiger partial charge on any atom is -0.464 e. The van der Waals surface area contributed by atoms with E-state index in [1.54, 1.807) is 0 Å². The maximum absolute atomic E-state index is 12.7. The van der Waals surface area contributed by atoms with Crippen molar-refractivity contribution in [3.05, 3.63) is 0 Å². The van der Waals surface area contributed by atoms with E-state index in [9.17, 15) is 19.6 Å². The first-order chi connectivity index (χ1) is 12.7. The molecule has 7 heteroatoms. The number of ether oxygens (including phenoxy) is 1. The number of unbranched alkanes of at least 4 members (excludes halogenated alkanes) is 1. The summed E-state index contributed by atoms with van der Waals surface area (Å²) in [6, 6.07) is -0.779. The molecule has 0 aromatic heterocycles. The third kappa shape index (κ3) is 8.28. The van der Waals surface area contributed by atoms with Crippen molar-refractivity contribution >= 4 is 18.3 Å². The molecular weight excluding hydrogens is 348 g/mol. The van der Waals surface area contributed by atoms with Crippen LogP contribution in [0.2, 0.25) is 0 Å². The van der Waals surface area contributed by atoms with Crippen molar-refractivity contribution < 1.29 is 24.3 Å². The number of hydroxylamine groups is 2. The van der Waals surface area contributed by atoms with Gasteiger partial charge in [-0.15, -0.1) is 0 Å². The number of rotatable bonds is 11. The molecule has 2 amide bonds. The van der Waals surface area contributed by atoms with Gasteiger partial charge in [-0.1, -0.05) is 53.4 Å². The van der Waals surface area contributed by atoms with Gasteiger partial charge >= 0.3 is 5.97 Å². The summed E-state index contributed by atoms with van der Waals surface area (Å²) in [5.41, 5.74) is -0.513. The molecule has 1 aliphatic carbocycles. The van der Waals surface area contributed by atoms with Crippen molar-refractivity contribution in [2.24, 2.45) is 17.3 Å². The van der Waals surface area contributed by atoms with Crippen LogP contribution in [0.4, 0.5) is 0 Å². The molecular formula is C20H36N2O5. The summed E-state index contributed by atoms with van der Waals surface area (Å²) < 4.78 is 5.51. The Morgan fingerprint density at radius 1 is 1.30 bits per heavy atom. The molecule has 0 aromatic rings. The highest BCUT2D eigenvalue weighted by Crippen LogP contribution is 2.26. The lowest BCUT2D eigenvalue weighted by Crippen LogP contribution is -2.52. The number of carbonyl (C=O) groups excluding carboxylic acids is 3. The molecule has 0 radical (unpaired) electrons. The minimum atomic E-state index is -0.779. The second kappa shape index (κ2) is 11.3. The molecule has 0 spiro atoms. The van der Waals surface area contributed by atoms with E-state index in [4.69, 9.17) is 4.74 Å². The third-order valence-electron chi connectivity index (χ3n) is 5.13. The highest BCUT2D eigenvalue weighted by molar-refractivity contribution is 5.86. The number of nitrogens with one attached hydrogen (secondary N) is 1. The molecule has 0 aromatic carbocycles. The van der Waals surface area contributed by atoms with Gasteiger partial charge in [0, 0.05) is 0 Å². The highest BCUT2D eigenvalue weighted by Gasteiger charge is 2.36. The number of hydrogen-bond acceptors (Lipinski definition) is 5. The zero-order valence-electron chi connectivity index (χ0n) is 17.2. The Balaban J connectivity index is 2.74. The molecule has 27 heavy (non-hydrogen) atoms. The minimum absolute atomic E-state index is 0.0939. The molecule has 2 atom stereocenters. The molecule has 7 nitrogen and oxygen atoms in total. The average Bonchev–Trinajstić information content (AvgIpc) is 3.13. The summed E-state index contributed by atoms with van der Waals surface area (Å²) in [6.07, 6.45) is 7.00. The fraction of sp³-hybridized carbons (Fsp3) is 0.850. The molecule has 2 N–H and O–H groups in total. The SMILES string of the molecule is CCCC[C@@H](CN(O)C=O)C(=O)N[C@H](C(=O)OCC1CCCC1)C(C)(C)C. The van der Waals surface area contributed by atoms with Gasteiger partial charge in [-0.2, -0.15) is 0 Å². The monoisotopic (exact) mass is 384 g/mol. The number of amides is 2. The first kappa shape index (κ1) is 23.4. The Labute approximate surface area is 162 Å². The van der Waals surface area contributed by atoms with E-state index in [1.165, 1.54) is 12.8 Å². The van der Waals surface area contributed by atoms with E-state index in [2.05, 4.69) is 5.32 Å². The van der Waals surface area contributed by atoms with Gasteiger partial charge in [-0.25, -0.2) is 9.86 Å². The van der Waals surface area contributed by atoms with Gasteiger partial charge in [0.05, 0.1) is 19.1 Å². The van der Waals surface area contributed by atoms with Crippen LogP contribution < -0.4 is 5.32 Å². The topological polar surface area (TPSA) is 95.9 Å². The molecule has 1 saturated carbocycles. The zero-order valence-corrected chi connectivity index (χ0v) is 17.2. The van der Waals surface area contributed by atoms with E-state index < -0.39 is 23.3 Å². The average molecular weight is 385 g/mol. The Hall–Kier alpha value is -1.63. The lowest BCUT2D eigenvalue weighted by atomic mass is 9.86. The van der Waals surface area contributed by atoms with E-state index in [0.717, 1.165) is 25.7 Å². The van der Waals surface area contributed by atoms with Crippen molar-refractivity contribution in [1.82, 2.24) is 10.4 Å². The summed E-state index contributed by atoms with van der Waals surface area (Å²) in [7, 11) is 0. The predicted molar refractivity (Wildman–Crippen MR) is 102 cm³/mol. The van der Waals surface area contributed by atoms with Gasteiger partial charge in [0.25, 0.3) is 0 Å². The Morgan fingerprint density at radius 2 is 1.93 bits per heavy atom. The predicted octanol–water partition coefficient (Wildman–Crippen LogP) is 2.90. The Bertz CT molecular complexity index is 483. The summed E-state index contributed by atoms with van der Waals surface area (Å²) in [5.74, 6) is -0.930. The molecule has 1 fully saturated rings. The second-order valence-corrected chi connectivity index (χ2v) is 8.65. The van der Waals surface area contributed by atoms with E-state index in [1.807, 2.05) is 27.7 Å². The van der Waals surface area contributed by atoms with E-state index in [-0.39, 0.29) is 18.9 Å². The third-order valence-corrected chi connectivity index (χ3v) is 5.13. The standard InChI is InChI=1S/C20H36N2O5/c1-5-6-11-16(12-22(26)14-23)18(24)21-17(20(2,3)4)19(25)27-13-15-9-7-8-10-15/h14-17,26H,5-13H2,1-4H3,(H,21,24)/t16-,17+/m0/s1. The first-order valence-electron chi connectivity index (χ1n) is 10.1. The van der Waals surface area contributed by atoms with Crippen molar-refractivity contribution in [1.29, 1.82) is 0 Å². The largest absolute Gasteiger partial charge is 0.464 e. The van der Waals surface area contributed by atoms with Crippen LogP contribution in [0.1, 0.15) is 72.6 Å². The molecule has 0 aliphatic heterocycles. The van der Waals surface area contributed by atoms with Gasteiger partial charge in [0.1, 0.15) is 6.04 Å². The summed E-state index contributed by atoms with van der Waals surface area (Å²) >= 11 is 0. The molecule has 1 rings (SSSR count). The summed E-state index contributed by atoms with van der Waals surface area (Å²) in [5, 5.41) is 12.8. The van der Waals surface area contributed by atoms with E-state index >= 15 is 0 Å². The fourth-order valence-electron chi connectivity index (χ4n) is 3.37. The summed E-state index contributed by atoms with van der Waals surface area (Å²) in [6.45, 7) is 7.93. The van der Waals surface area contributed by atoms with Crippen molar-refractivity contribution in [2.75, 3.05) is 13.2 Å². The normalized spacial score (nSPS) is 17.2. The van der Waals surface area contributed by atoms with Crippen molar-refractivity contribution in [3.63, 3.8) is 0 Å². The maximum Gasteiger partial charge on any atom is 0.329 e. The van der Waals surface area contributed by atoms with Crippen LogP contribution in [0.15, 0.2) is 0 Å². The number of nitrogens with zero attached hydrogens (tertiary/aromatic N) is 1.